The number of nitrogens with two attached hydrogens (primary N) is 1. The summed E-state index contributed by atoms with van der Waals surface area (Å²) in [5, 5.41) is 4.21. The molecular weight excluding hydrogens is 325 g/mol. The van der Waals surface area contributed by atoms with Crippen LogP contribution in [-0.4, -0.2) is 22.5 Å². The molecule has 0 saturated carbocycles. The number of amides is 1. The molecule has 25 heavy (non-hydrogen) atoms. The molecular formula is C18H16FN3O3. The van der Waals surface area contributed by atoms with Gasteiger partial charge in [0, 0.05) is 11.8 Å². The number of halogens is 1. The highest BCUT2D eigenvalue weighted by molar-refractivity contribution is 5.64. The molecule has 7 heteroatoms. The van der Waals surface area contributed by atoms with Crippen LogP contribution in [0.15, 0.2) is 60.8 Å². The molecule has 0 aliphatic rings. The van der Waals surface area contributed by atoms with Crippen molar-refractivity contribution < 1.29 is 18.7 Å². The van der Waals surface area contributed by atoms with Gasteiger partial charge in [-0.05, 0) is 54.6 Å². The molecule has 1 heterocycles. The largest absolute Gasteiger partial charge is 0.457 e. The molecule has 0 radical (unpaired) electrons. The first-order valence-electron chi connectivity index (χ1n) is 7.60. The fourth-order valence-corrected chi connectivity index (χ4v) is 2.32. The van der Waals surface area contributed by atoms with Gasteiger partial charge in [0.2, 0.25) is 0 Å². The lowest BCUT2D eigenvalue weighted by Gasteiger charge is -2.09. The highest BCUT2D eigenvalue weighted by atomic mass is 19.1. The third-order valence-corrected chi connectivity index (χ3v) is 3.46. The number of hydrogen-bond acceptors (Lipinski definition) is 4. The van der Waals surface area contributed by atoms with E-state index >= 15 is 0 Å². The van der Waals surface area contributed by atoms with E-state index in [0.717, 1.165) is 11.3 Å². The van der Waals surface area contributed by atoms with Crippen molar-refractivity contribution in [3.63, 3.8) is 0 Å². The molecule has 128 valence electrons. The van der Waals surface area contributed by atoms with Crippen LogP contribution in [0.1, 0.15) is 0 Å². The van der Waals surface area contributed by atoms with E-state index in [2.05, 4.69) is 5.10 Å². The van der Waals surface area contributed by atoms with Crippen LogP contribution in [0.4, 0.5) is 9.18 Å². The van der Waals surface area contributed by atoms with Crippen molar-refractivity contribution in [2.45, 2.75) is 6.54 Å². The third-order valence-electron chi connectivity index (χ3n) is 3.46. The molecule has 0 aliphatic heterocycles. The average molecular weight is 341 g/mol. The van der Waals surface area contributed by atoms with Crippen LogP contribution >= 0.6 is 0 Å². The highest BCUT2D eigenvalue weighted by Crippen LogP contribution is 2.25. The lowest BCUT2D eigenvalue weighted by Crippen LogP contribution is -2.17. The highest BCUT2D eigenvalue weighted by Gasteiger charge is 2.07. The number of rotatable bonds is 6. The minimum atomic E-state index is -0.809. The predicted octanol–water partition coefficient (Wildman–Crippen LogP) is 3.58. The molecule has 1 amide bonds. The zero-order valence-electron chi connectivity index (χ0n) is 13.3. The summed E-state index contributed by atoms with van der Waals surface area (Å²) in [4.78, 5) is 10.6. The first kappa shape index (κ1) is 16.5. The SMILES string of the molecule is NC(=O)OCCn1nccc1-c1ccc(Oc2ccc(F)cc2)cc1. The molecule has 2 aromatic carbocycles. The second kappa shape index (κ2) is 7.48. The Morgan fingerprint density at radius 2 is 1.68 bits per heavy atom. The molecule has 0 fully saturated rings. The Morgan fingerprint density at radius 1 is 1.04 bits per heavy atom. The molecule has 0 bridgehead atoms. The minimum absolute atomic E-state index is 0.149. The first-order chi connectivity index (χ1) is 12.1. The smallest absolute Gasteiger partial charge is 0.404 e. The maximum atomic E-state index is 12.9. The Kier molecular flexibility index (Phi) is 4.94. The van der Waals surface area contributed by atoms with Gasteiger partial charge in [0.05, 0.1) is 12.2 Å². The van der Waals surface area contributed by atoms with E-state index in [4.69, 9.17) is 15.2 Å². The normalized spacial score (nSPS) is 10.4. The minimum Gasteiger partial charge on any atom is -0.457 e. The Balaban J connectivity index is 1.69. The number of benzene rings is 2. The van der Waals surface area contributed by atoms with Crippen molar-refractivity contribution in [3.05, 3.63) is 66.6 Å². The number of hydrogen-bond donors (Lipinski definition) is 1. The molecule has 0 saturated heterocycles. The predicted molar refractivity (Wildman–Crippen MR) is 89.7 cm³/mol. The summed E-state index contributed by atoms with van der Waals surface area (Å²) in [6, 6.07) is 15.1. The molecule has 3 aromatic rings. The Morgan fingerprint density at radius 3 is 2.32 bits per heavy atom. The van der Waals surface area contributed by atoms with Crippen LogP contribution in [-0.2, 0) is 11.3 Å². The van der Waals surface area contributed by atoms with Crippen LogP contribution in [0.2, 0.25) is 0 Å². The lowest BCUT2D eigenvalue weighted by atomic mass is 10.1. The summed E-state index contributed by atoms with van der Waals surface area (Å²) in [6.45, 7) is 0.550. The summed E-state index contributed by atoms with van der Waals surface area (Å²) in [5.74, 6) is 0.887. The van der Waals surface area contributed by atoms with Gasteiger partial charge in [0.15, 0.2) is 0 Å². The molecule has 2 N–H and O–H groups in total. The van der Waals surface area contributed by atoms with Gasteiger partial charge in [0.1, 0.15) is 23.9 Å². The van der Waals surface area contributed by atoms with E-state index in [1.807, 2.05) is 30.3 Å². The summed E-state index contributed by atoms with van der Waals surface area (Å²) in [5.41, 5.74) is 6.75. The van der Waals surface area contributed by atoms with Crippen LogP contribution in [0.5, 0.6) is 11.5 Å². The molecule has 0 atom stereocenters. The quantitative estimate of drug-likeness (QED) is 0.743. The number of aromatic nitrogens is 2. The van der Waals surface area contributed by atoms with Gasteiger partial charge in [-0.25, -0.2) is 9.18 Å². The number of nitrogens with zero attached hydrogens (tertiary/aromatic N) is 2. The monoisotopic (exact) mass is 341 g/mol. The van der Waals surface area contributed by atoms with Crippen molar-refractivity contribution in [1.29, 1.82) is 0 Å². The van der Waals surface area contributed by atoms with E-state index < -0.39 is 6.09 Å². The fraction of sp³-hybridized carbons (Fsp3) is 0.111. The summed E-state index contributed by atoms with van der Waals surface area (Å²) in [6.07, 6.45) is 0.860. The molecule has 1 aromatic heterocycles. The van der Waals surface area contributed by atoms with Crippen molar-refractivity contribution in [2.75, 3.05) is 6.61 Å². The van der Waals surface area contributed by atoms with Gasteiger partial charge in [0.25, 0.3) is 0 Å². The van der Waals surface area contributed by atoms with E-state index in [1.165, 1.54) is 12.1 Å². The fourth-order valence-electron chi connectivity index (χ4n) is 2.32. The second-order valence-electron chi connectivity index (χ2n) is 5.19. The molecule has 6 nitrogen and oxygen atoms in total. The van der Waals surface area contributed by atoms with Crippen molar-refractivity contribution in [1.82, 2.24) is 9.78 Å². The van der Waals surface area contributed by atoms with E-state index in [1.54, 1.807) is 23.0 Å². The Bertz CT molecular complexity index is 845. The van der Waals surface area contributed by atoms with E-state index in [-0.39, 0.29) is 12.4 Å². The van der Waals surface area contributed by atoms with Crippen molar-refractivity contribution in [3.8, 4) is 22.8 Å². The van der Waals surface area contributed by atoms with Crippen molar-refractivity contribution in [2.24, 2.45) is 5.73 Å². The molecule has 0 aliphatic carbocycles. The maximum absolute atomic E-state index is 12.9. The third kappa shape index (κ3) is 4.35. The summed E-state index contributed by atoms with van der Waals surface area (Å²) in [7, 11) is 0. The second-order valence-corrected chi connectivity index (χ2v) is 5.19. The van der Waals surface area contributed by atoms with Crippen LogP contribution in [0.3, 0.4) is 0 Å². The van der Waals surface area contributed by atoms with E-state index in [0.29, 0.717) is 18.0 Å². The number of ether oxygens (including phenoxy) is 2. The van der Waals surface area contributed by atoms with Gasteiger partial charge >= 0.3 is 6.09 Å². The van der Waals surface area contributed by atoms with E-state index in [9.17, 15) is 9.18 Å². The zero-order valence-corrected chi connectivity index (χ0v) is 13.3. The van der Waals surface area contributed by atoms with Gasteiger partial charge in [-0.1, -0.05) is 0 Å². The first-order valence-corrected chi connectivity index (χ1v) is 7.60. The van der Waals surface area contributed by atoms with Crippen molar-refractivity contribution >= 4 is 6.09 Å². The van der Waals surface area contributed by atoms with Crippen LogP contribution < -0.4 is 10.5 Å². The number of carbonyl (C=O) groups is 1. The summed E-state index contributed by atoms with van der Waals surface area (Å²) >= 11 is 0. The summed E-state index contributed by atoms with van der Waals surface area (Å²) < 4.78 is 25.0. The van der Waals surface area contributed by atoms with Crippen LogP contribution in [0.25, 0.3) is 11.3 Å². The lowest BCUT2D eigenvalue weighted by molar-refractivity contribution is 0.151. The molecule has 0 spiro atoms. The number of carbonyl (C=O) groups excluding carboxylic acids is 1. The van der Waals surface area contributed by atoms with Gasteiger partial charge in [-0.15, -0.1) is 0 Å². The molecule has 3 rings (SSSR count). The number of primary amides is 1. The topological polar surface area (TPSA) is 79.4 Å². The Labute approximate surface area is 143 Å². The standard InChI is InChI=1S/C18H16FN3O3/c19-14-3-7-16(8-4-14)25-15-5-1-13(2-6-15)17-9-10-21-22(17)11-12-24-18(20)23/h1-10H,11-12H2,(H2,20,23). The van der Waals surface area contributed by atoms with Gasteiger partial charge in [-0.3, -0.25) is 4.68 Å². The van der Waals surface area contributed by atoms with Gasteiger partial charge < -0.3 is 15.2 Å². The van der Waals surface area contributed by atoms with Crippen LogP contribution in [0, 0.1) is 5.82 Å². The Hall–Kier alpha value is -3.35. The molecule has 0 unspecified atom stereocenters. The zero-order chi connectivity index (χ0) is 17.6. The average Bonchev–Trinajstić information content (AvgIpc) is 3.06. The maximum Gasteiger partial charge on any atom is 0.404 e. The van der Waals surface area contributed by atoms with Gasteiger partial charge in [-0.2, -0.15) is 5.10 Å².